The van der Waals surface area contributed by atoms with Gasteiger partial charge in [0.2, 0.25) is 0 Å². The number of benzene rings is 1. The van der Waals surface area contributed by atoms with Gasteiger partial charge in [0, 0.05) is 18.6 Å². The molecule has 0 amide bonds. The lowest BCUT2D eigenvalue weighted by molar-refractivity contribution is 0.0697. The van der Waals surface area contributed by atoms with Crippen LogP contribution in [0.1, 0.15) is 21.6 Å². The Labute approximate surface area is 188 Å². The fourth-order valence-corrected chi connectivity index (χ4v) is 5.50. The summed E-state index contributed by atoms with van der Waals surface area (Å²) in [6.07, 6.45) is 4.28. The number of aromatic carboxylic acids is 1. The lowest BCUT2D eigenvalue weighted by atomic mass is 10.1. The predicted molar refractivity (Wildman–Crippen MR) is 120 cm³/mol. The van der Waals surface area contributed by atoms with E-state index in [1.165, 1.54) is 37.6 Å². The van der Waals surface area contributed by atoms with E-state index in [1.807, 2.05) is 0 Å². The number of ether oxygens (including phenoxy) is 1. The minimum Gasteiger partial charge on any atom is -0.497 e. The molecule has 0 aliphatic rings. The lowest BCUT2D eigenvalue weighted by Crippen LogP contribution is -2.32. The molecule has 1 aromatic carbocycles. The Kier molecular flexibility index (Phi) is 5.76. The zero-order valence-corrected chi connectivity index (χ0v) is 18.7. The summed E-state index contributed by atoms with van der Waals surface area (Å²) in [6.45, 7) is 1.56. The molecule has 32 heavy (non-hydrogen) atoms. The molecule has 0 saturated heterocycles. The molecule has 0 radical (unpaired) electrons. The molecular formula is C21H18N4O5S2. The SMILES string of the molecule is COc1ccc(S(=O)(=O)N(Cc2cccnc2)c2c(C(=O)O)cnc3snc(C)c23)cc1. The molecule has 3 aromatic heterocycles. The number of methoxy groups -OCH3 is 1. The Balaban J connectivity index is 2.00. The van der Waals surface area contributed by atoms with Crippen molar-refractivity contribution in [3.63, 3.8) is 0 Å². The van der Waals surface area contributed by atoms with E-state index in [2.05, 4.69) is 14.3 Å². The van der Waals surface area contributed by atoms with E-state index in [0.29, 0.717) is 27.2 Å². The summed E-state index contributed by atoms with van der Waals surface area (Å²) in [6, 6.07) is 9.32. The Morgan fingerprint density at radius 2 is 1.94 bits per heavy atom. The van der Waals surface area contributed by atoms with Crippen LogP contribution in [-0.2, 0) is 16.6 Å². The Bertz CT molecular complexity index is 1390. The van der Waals surface area contributed by atoms with Crippen molar-refractivity contribution in [2.75, 3.05) is 11.4 Å². The summed E-state index contributed by atoms with van der Waals surface area (Å²) < 4.78 is 38.1. The summed E-state index contributed by atoms with van der Waals surface area (Å²) in [4.78, 5) is 20.8. The molecule has 0 fully saturated rings. The van der Waals surface area contributed by atoms with E-state index < -0.39 is 16.0 Å². The molecule has 0 aliphatic heterocycles. The van der Waals surface area contributed by atoms with Crippen LogP contribution in [0.25, 0.3) is 10.2 Å². The fourth-order valence-electron chi connectivity index (χ4n) is 3.27. The van der Waals surface area contributed by atoms with Crippen molar-refractivity contribution >= 4 is 43.4 Å². The molecule has 0 aliphatic carbocycles. The van der Waals surface area contributed by atoms with Crippen LogP contribution in [0.4, 0.5) is 5.69 Å². The number of carboxylic acids is 1. The fraction of sp³-hybridized carbons (Fsp3) is 0.143. The second kappa shape index (κ2) is 8.52. The first-order chi connectivity index (χ1) is 15.3. The maximum atomic E-state index is 13.8. The first-order valence-electron chi connectivity index (χ1n) is 9.37. The predicted octanol–water partition coefficient (Wildman–Crippen LogP) is 3.50. The molecule has 4 aromatic rings. The number of hydrogen-bond acceptors (Lipinski definition) is 8. The van der Waals surface area contributed by atoms with E-state index in [1.54, 1.807) is 25.3 Å². The lowest BCUT2D eigenvalue weighted by Gasteiger charge is -2.26. The van der Waals surface area contributed by atoms with Gasteiger partial charge in [0.25, 0.3) is 10.0 Å². The van der Waals surface area contributed by atoms with E-state index >= 15 is 0 Å². The maximum absolute atomic E-state index is 13.8. The second-order valence-electron chi connectivity index (χ2n) is 6.82. The zero-order chi connectivity index (χ0) is 22.9. The average molecular weight is 471 g/mol. The van der Waals surface area contributed by atoms with Gasteiger partial charge in [0.1, 0.15) is 16.1 Å². The molecule has 0 spiro atoms. The summed E-state index contributed by atoms with van der Waals surface area (Å²) in [5.74, 6) is -0.792. The number of sulfonamides is 1. The van der Waals surface area contributed by atoms with Gasteiger partial charge in [-0.2, -0.15) is 4.37 Å². The monoisotopic (exact) mass is 470 g/mol. The first kappa shape index (κ1) is 21.7. The van der Waals surface area contributed by atoms with Crippen molar-refractivity contribution in [3.05, 3.63) is 71.8 Å². The van der Waals surface area contributed by atoms with Gasteiger partial charge in [0.05, 0.1) is 35.3 Å². The van der Waals surface area contributed by atoms with E-state index in [4.69, 9.17) is 4.74 Å². The van der Waals surface area contributed by atoms with Crippen molar-refractivity contribution in [1.29, 1.82) is 0 Å². The van der Waals surface area contributed by atoms with Crippen LogP contribution >= 0.6 is 11.5 Å². The van der Waals surface area contributed by atoms with E-state index in [-0.39, 0.29) is 22.7 Å². The molecule has 11 heteroatoms. The average Bonchev–Trinajstić information content (AvgIpc) is 3.18. The number of carbonyl (C=O) groups is 1. The Morgan fingerprint density at radius 1 is 1.19 bits per heavy atom. The third-order valence-corrected chi connectivity index (χ3v) is 7.43. The standard InChI is InChI=1S/C21H18N4O5S2/c1-13-18-19(17(21(26)27)11-23-20(18)31-24-13)25(12-14-4-3-9-22-10-14)32(28,29)16-7-5-15(30-2)6-8-16/h3-11H,12H2,1-2H3,(H,26,27). The minimum absolute atomic E-state index is 0.00988. The summed E-state index contributed by atoms with van der Waals surface area (Å²) in [5, 5.41) is 10.3. The second-order valence-corrected chi connectivity index (χ2v) is 9.44. The van der Waals surface area contributed by atoms with E-state index in [0.717, 1.165) is 22.0 Å². The van der Waals surface area contributed by atoms with Gasteiger partial charge in [-0.05, 0) is 54.4 Å². The quantitative estimate of drug-likeness (QED) is 0.435. The molecule has 164 valence electrons. The maximum Gasteiger partial charge on any atom is 0.339 e. The van der Waals surface area contributed by atoms with Gasteiger partial charge in [-0.1, -0.05) is 6.07 Å². The van der Waals surface area contributed by atoms with E-state index in [9.17, 15) is 18.3 Å². The number of hydrogen-bond donors (Lipinski definition) is 1. The summed E-state index contributed by atoms with van der Waals surface area (Å²) in [7, 11) is -2.70. The molecule has 0 saturated carbocycles. The van der Waals surface area contributed by atoms with Crippen molar-refractivity contribution in [2.45, 2.75) is 18.4 Å². The Morgan fingerprint density at radius 3 is 2.56 bits per heavy atom. The van der Waals surface area contributed by atoms with Crippen LogP contribution in [0.2, 0.25) is 0 Å². The molecular weight excluding hydrogens is 452 g/mol. The number of fused-ring (bicyclic) bond motifs is 1. The van der Waals surface area contributed by atoms with Crippen LogP contribution in [0.3, 0.4) is 0 Å². The van der Waals surface area contributed by atoms with Gasteiger partial charge in [-0.25, -0.2) is 18.2 Å². The first-order valence-corrected chi connectivity index (χ1v) is 11.6. The summed E-state index contributed by atoms with van der Waals surface area (Å²) in [5.41, 5.74) is 0.874. The largest absolute Gasteiger partial charge is 0.497 e. The molecule has 0 atom stereocenters. The van der Waals surface area contributed by atoms with Crippen molar-refractivity contribution in [1.82, 2.24) is 14.3 Å². The molecule has 0 unspecified atom stereocenters. The van der Waals surface area contributed by atoms with Crippen LogP contribution in [-0.4, -0.2) is 40.9 Å². The molecule has 4 rings (SSSR count). The highest BCUT2D eigenvalue weighted by molar-refractivity contribution is 7.92. The van der Waals surface area contributed by atoms with Crippen LogP contribution in [0.15, 0.2) is 59.9 Å². The third-order valence-electron chi connectivity index (χ3n) is 4.82. The van der Waals surface area contributed by atoms with Crippen molar-refractivity contribution < 1.29 is 23.1 Å². The highest BCUT2D eigenvalue weighted by Crippen LogP contribution is 2.38. The minimum atomic E-state index is -4.18. The van der Waals surface area contributed by atoms with Crippen LogP contribution in [0, 0.1) is 6.92 Å². The topological polar surface area (TPSA) is 123 Å². The van der Waals surface area contributed by atoms with Gasteiger partial charge in [-0.15, -0.1) is 0 Å². The van der Waals surface area contributed by atoms with Gasteiger partial charge >= 0.3 is 5.97 Å². The number of carboxylic acid groups (broad SMARTS) is 1. The molecule has 9 nitrogen and oxygen atoms in total. The number of aromatic nitrogens is 3. The number of pyridine rings is 2. The highest BCUT2D eigenvalue weighted by atomic mass is 32.2. The number of rotatable bonds is 7. The summed E-state index contributed by atoms with van der Waals surface area (Å²) >= 11 is 1.08. The molecule has 1 N–H and O–H groups in total. The number of nitrogens with zero attached hydrogens (tertiary/aromatic N) is 4. The Hall–Kier alpha value is -3.57. The highest BCUT2D eigenvalue weighted by Gasteiger charge is 2.32. The van der Waals surface area contributed by atoms with Gasteiger partial charge < -0.3 is 9.84 Å². The molecule has 0 bridgehead atoms. The van der Waals surface area contributed by atoms with Crippen LogP contribution in [0.5, 0.6) is 5.75 Å². The normalized spacial score (nSPS) is 11.4. The van der Waals surface area contributed by atoms with Crippen molar-refractivity contribution in [3.8, 4) is 5.75 Å². The van der Waals surface area contributed by atoms with Crippen LogP contribution < -0.4 is 9.04 Å². The van der Waals surface area contributed by atoms with Gasteiger partial charge in [0.15, 0.2) is 0 Å². The molecule has 3 heterocycles. The smallest absolute Gasteiger partial charge is 0.339 e. The number of aryl methyl sites for hydroxylation is 1. The number of anilines is 1. The van der Waals surface area contributed by atoms with Crippen molar-refractivity contribution in [2.24, 2.45) is 0 Å². The zero-order valence-electron chi connectivity index (χ0n) is 17.1. The van der Waals surface area contributed by atoms with Gasteiger partial charge in [-0.3, -0.25) is 9.29 Å². The third kappa shape index (κ3) is 3.87.